The fraction of sp³-hybridized carbons (Fsp3) is 1.00. The second-order valence-corrected chi connectivity index (χ2v) is 4.25. The van der Waals surface area contributed by atoms with Crippen LogP contribution in [0.2, 0.25) is 0 Å². The predicted octanol–water partition coefficient (Wildman–Crippen LogP) is -1.40. The molecular weight excluding hydrogens is 170 g/mol. The summed E-state index contributed by atoms with van der Waals surface area (Å²) in [6.45, 7) is 0.715. The van der Waals surface area contributed by atoms with Gasteiger partial charge in [-0.1, -0.05) is 0 Å². The van der Waals surface area contributed by atoms with Crippen molar-refractivity contribution in [3.8, 4) is 0 Å². The predicted molar refractivity (Wildman–Crippen MR) is 38.8 cm³/mol. The van der Waals surface area contributed by atoms with E-state index in [1.165, 1.54) is 0 Å². The highest BCUT2D eigenvalue weighted by atomic mass is 32.2. The minimum absolute atomic E-state index is 0.125. The van der Waals surface area contributed by atoms with Gasteiger partial charge >= 0.3 is 0 Å². The minimum Gasteiger partial charge on any atom is -0.392 e. The summed E-state index contributed by atoms with van der Waals surface area (Å²) in [5, 5.41) is 10.8. The van der Waals surface area contributed by atoms with Crippen LogP contribution in [0.5, 0.6) is 0 Å². The summed E-state index contributed by atoms with van der Waals surface area (Å²) in [5.41, 5.74) is 0. The zero-order valence-corrected chi connectivity index (χ0v) is 6.71. The first kappa shape index (κ1) is 8.92. The maximum atomic E-state index is 10.6. The quantitative estimate of drug-likeness (QED) is 0.433. The molecule has 0 aromatic heterocycles. The summed E-state index contributed by atoms with van der Waals surface area (Å²) in [4.78, 5) is 0. The van der Waals surface area contributed by atoms with Crippen LogP contribution in [-0.4, -0.2) is 42.5 Å². The molecule has 1 fully saturated rings. The monoisotopic (exact) mass is 181 g/mol. The lowest BCUT2D eigenvalue weighted by Gasteiger charge is -2.25. The van der Waals surface area contributed by atoms with E-state index in [1.807, 2.05) is 0 Å². The van der Waals surface area contributed by atoms with E-state index in [-0.39, 0.29) is 6.54 Å². The molecule has 5 nitrogen and oxygen atoms in total. The molecule has 0 saturated carbocycles. The Labute approximate surface area is 65.2 Å². The number of nitrogens with one attached hydrogen (secondary N) is 1. The Kier molecular flexibility index (Phi) is 2.48. The van der Waals surface area contributed by atoms with Gasteiger partial charge in [-0.15, -0.1) is 0 Å². The van der Waals surface area contributed by atoms with Crippen molar-refractivity contribution in [1.29, 1.82) is 0 Å². The van der Waals surface area contributed by atoms with Crippen LogP contribution in [0.15, 0.2) is 0 Å². The second-order valence-electron chi connectivity index (χ2n) is 2.61. The third-order valence-corrected chi connectivity index (χ3v) is 3.02. The van der Waals surface area contributed by atoms with Crippen LogP contribution in [0, 0.1) is 0 Å². The fourth-order valence-corrected chi connectivity index (χ4v) is 1.98. The molecule has 2 unspecified atom stereocenters. The van der Waals surface area contributed by atoms with Gasteiger partial charge < -0.3 is 10.4 Å². The Balaban J connectivity index is 2.70. The van der Waals surface area contributed by atoms with Gasteiger partial charge in [-0.05, 0) is 13.0 Å². The van der Waals surface area contributed by atoms with Crippen molar-refractivity contribution in [3.05, 3.63) is 0 Å². The van der Waals surface area contributed by atoms with E-state index in [0.29, 0.717) is 13.0 Å². The lowest BCUT2D eigenvalue weighted by atomic mass is 10.1. The topological polar surface area (TPSA) is 86.6 Å². The smallest absolute Gasteiger partial charge is 0.271 e. The van der Waals surface area contributed by atoms with Crippen LogP contribution < -0.4 is 5.32 Å². The van der Waals surface area contributed by atoms with Gasteiger partial charge in [0.1, 0.15) is 5.25 Å². The van der Waals surface area contributed by atoms with Crippen LogP contribution in [-0.2, 0) is 10.1 Å². The Morgan fingerprint density at radius 1 is 1.45 bits per heavy atom. The summed E-state index contributed by atoms with van der Waals surface area (Å²) in [6, 6.07) is 0. The van der Waals surface area contributed by atoms with E-state index in [0.717, 1.165) is 0 Å². The summed E-state index contributed by atoms with van der Waals surface area (Å²) in [6.07, 6.45) is -0.573. The molecule has 0 bridgehead atoms. The van der Waals surface area contributed by atoms with Crippen molar-refractivity contribution >= 4 is 10.1 Å². The van der Waals surface area contributed by atoms with Gasteiger partial charge in [0.05, 0.1) is 6.10 Å². The molecule has 6 heteroatoms. The van der Waals surface area contributed by atoms with Crippen LogP contribution >= 0.6 is 0 Å². The minimum atomic E-state index is -4.09. The molecule has 0 spiro atoms. The van der Waals surface area contributed by atoms with Crippen LogP contribution in [0.3, 0.4) is 0 Å². The first-order valence-corrected chi connectivity index (χ1v) is 4.87. The number of piperidine rings is 1. The molecule has 1 aliphatic heterocycles. The zero-order valence-electron chi connectivity index (χ0n) is 5.90. The number of hydrogen-bond acceptors (Lipinski definition) is 4. The van der Waals surface area contributed by atoms with Crippen molar-refractivity contribution in [2.24, 2.45) is 0 Å². The van der Waals surface area contributed by atoms with Gasteiger partial charge in [0.15, 0.2) is 0 Å². The molecule has 0 aliphatic carbocycles. The summed E-state index contributed by atoms with van der Waals surface area (Å²) >= 11 is 0. The SMILES string of the molecule is O=S(=O)(O)C1CNCCC1O. The third kappa shape index (κ3) is 2.13. The normalized spacial score (nSPS) is 33.6. The first-order chi connectivity index (χ1) is 5.02. The van der Waals surface area contributed by atoms with E-state index in [4.69, 9.17) is 9.66 Å². The molecule has 0 radical (unpaired) electrons. The Morgan fingerprint density at radius 3 is 2.45 bits per heavy atom. The number of aliphatic hydroxyl groups excluding tert-OH is 1. The lowest BCUT2D eigenvalue weighted by Crippen LogP contribution is -2.48. The molecule has 0 aromatic carbocycles. The Hall–Kier alpha value is -0.170. The molecule has 0 aromatic rings. The number of rotatable bonds is 1. The molecule has 1 heterocycles. The van der Waals surface area contributed by atoms with Crippen molar-refractivity contribution < 1.29 is 18.1 Å². The molecule has 11 heavy (non-hydrogen) atoms. The molecule has 1 aliphatic rings. The molecule has 1 rings (SSSR count). The van der Waals surface area contributed by atoms with Crippen molar-refractivity contribution in [3.63, 3.8) is 0 Å². The van der Waals surface area contributed by atoms with Gasteiger partial charge in [0.2, 0.25) is 0 Å². The highest BCUT2D eigenvalue weighted by Crippen LogP contribution is 2.10. The molecule has 1 saturated heterocycles. The van der Waals surface area contributed by atoms with Crippen LogP contribution in [0.1, 0.15) is 6.42 Å². The Bertz CT molecular complexity index is 225. The molecule has 3 N–H and O–H groups in total. The summed E-state index contributed by atoms with van der Waals surface area (Å²) in [5.74, 6) is 0. The van der Waals surface area contributed by atoms with E-state index < -0.39 is 21.5 Å². The van der Waals surface area contributed by atoms with Gasteiger partial charge in [-0.3, -0.25) is 4.55 Å². The van der Waals surface area contributed by atoms with Crippen molar-refractivity contribution in [1.82, 2.24) is 5.32 Å². The largest absolute Gasteiger partial charge is 0.392 e. The number of hydrogen-bond donors (Lipinski definition) is 3. The Morgan fingerprint density at radius 2 is 2.09 bits per heavy atom. The average Bonchev–Trinajstić information content (AvgIpc) is 1.86. The van der Waals surface area contributed by atoms with Crippen molar-refractivity contribution in [2.45, 2.75) is 17.8 Å². The van der Waals surface area contributed by atoms with E-state index in [2.05, 4.69) is 5.32 Å². The third-order valence-electron chi connectivity index (χ3n) is 1.77. The van der Waals surface area contributed by atoms with Gasteiger partial charge in [0, 0.05) is 6.54 Å². The van der Waals surface area contributed by atoms with Gasteiger partial charge in [-0.25, -0.2) is 0 Å². The van der Waals surface area contributed by atoms with Gasteiger partial charge in [0.25, 0.3) is 10.1 Å². The zero-order chi connectivity index (χ0) is 8.48. The molecule has 66 valence electrons. The maximum Gasteiger partial charge on any atom is 0.271 e. The molecular formula is C5H11NO4S. The molecule has 2 atom stereocenters. The number of aliphatic hydroxyl groups is 1. The van der Waals surface area contributed by atoms with E-state index >= 15 is 0 Å². The average molecular weight is 181 g/mol. The van der Waals surface area contributed by atoms with Crippen LogP contribution in [0.25, 0.3) is 0 Å². The maximum absolute atomic E-state index is 10.6. The highest BCUT2D eigenvalue weighted by molar-refractivity contribution is 7.86. The second kappa shape index (κ2) is 3.06. The fourth-order valence-electron chi connectivity index (χ4n) is 1.12. The van der Waals surface area contributed by atoms with Crippen molar-refractivity contribution in [2.75, 3.05) is 13.1 Å². The van der Waals surface area contributed by atoms with Crippen LogP contribution in [0.4, 0.5) is 0 Å². The molecule has 0 amide bonds. The summed E-state index contributed by atoms with van der Waals surface area (Å²) < 4.78 is 29.7. The lowest BCUT2D eigenvalue weighted by molar-refractivity contribution is 0.137. The summed E-state index contributed by atoms with van der Waals surface area (Å²) in [7, 11) is -4.09. The van der Waals surface area contributed by atoms with Gasteiger partial charge in [-0.2, -0.15) is 8.42 Å². The van der Waals surface area contributed by atoms with E-state index in [1.54, 1.807) is 0 Å². The highest BCUT2D eigenvalue weighted by Gasteiger charge is 2.32. The standard InChI is InChI=1S/C5H11NO4S/c7-4-1-2-6-3-5(4)11(8,9)10/h4-7H,1-3H2,(H,8,9,10). The van der Waals surface area contributed by atoms with E-state index in [9.17, 15) is 8.42 Å². The first-order valence-electron chi connectivity index (χ1n) is 3.37.